The number of piperidine rings is 1. The van der Waals surface area contributed by atoms with Gasteiger partial charge in [-0.1, -0.05) is 25.7 Å². The summed E-state index contributed by atoms with van der Waals surface area (Å²) in [6.45, 7) is 5.98. The Balaban J connectivity index is 1.91. The van der Waals surface area contributed by atoms with Crippen molar-refractivity contribution < 1.29 is 9.53 Å². The van der Waals surface area contributed by atoms with Crippen LogP contribution < -0.4 is 0 Å². The zero-order valence-corrected chi connectivity index (χ0v) is 12.4. The van der Waals surface area contributed by atoms with Crippen LogP contribution in [0.25, 0.3) is 0 Å². The van der Waals surface area contributed by atoms with Gasteiger partial charge in [-0.2, -0.15) is 0 Å². The normalized spacial score (nSPS) is 28.8. The van der Waals surface area contributed by atoms with Crippen molar-refractivity contribution in [2.24, 2.45) is 5.41 Å². The number of likely N-dealkylation sites (tertiary alicyclic amines) is 1. The Hall–Kier alpha value is -0.410. The van der Waals surface area contributed by atoms with Gasteiger partial charge in [-0.25, -0.2) is 0 Å². The zero-order chi connectivity index (χ0) is 13.6. The number of carbonyl (C=O) groups is 1. The molecule has 0 aromatic rings. The molecular weight excluding hydrogens is 238 g/mol. The van der Waals surface area contributed by atoms with Crippen molar-refractivity contribution in [2.45, 2.75) is 64.4 Å². The van der Waals surface area contributed by atoms with E-state index in [2.05, 4.69) is 11.8 Å². The lowest BCUT2D eigenvalue weighted by molar-refractivity contribution is -0.119. The third-order valence-electron chi connectivity index (χ3n) is 4.75. The van der Waals surface area contributed by atoms with Crippen molar-refractivity contribution in [2.75, 3.05) is 26.2 Å². The van der Waals surface area contributed by atoms with Crippen molar-refractivity contribution in [1.29, 1.82) is 0 Å². The second-order valence-corrected chi connectivity index (χ2v) is 6.35. The second-order valence-electron chi connectivity index (χ2n) is 6.35. The predicted octanol–water partition coefficient (Wildman–Crippen LogP) is 3.03. The highest BCUT2D eigenvalue weighted by Crippen LogP contribution is 2.34. The monoisotopic (exact) mass is 267 g/mol. The molecule has 3 heteroatoms. The average molecular weight is 267 g/mol. The van der Waals surface area contributed by atoms with E-state index < -0.39 is 0 Å². The van der Waals surface area contributed by atoms with Gasteiger partial charge in [-0.3, -0.25) is 4.90 Å². The number of hydrogen-bond donors (Lipinski definition) is 0. The molecule has 0 amide bonds. The number of nitrogens with zero attached hydrogens (tertiary/aromatic N) is 1. The molecule has 0 aromatic carbocycles. The van der Waals surface area contributed by atoms with Crippen LogP contribution in [0.4, 0.5) is 0 Å². The highest BCUT2D eigenvalue weighted by Gasteiger charge is 2.34. The zero-order valence-electron chi connectivity index (χ0n) is 12.4. The van der Waals surface area contributed by atoms with Crippen LogP contribution in [-0.2, 0) is 9.53 Å². The lowest BCUT2D eigenvalue weighted by Gasteiger charge is -2.38. The van der Waals surface area contributed by atoms with Gasteiger partial charge < -0.3 is 9.53 Å². The highest BCUT2D eigenvalue weighted by molar-refractivity contribution is 5.59. The lowest BCUT2D eigenvalue weighted by atomic mass is 9.81. The van der Waals surface area contributed by atoms with Crippen molar-refractivity contribution in [3.8, 4) is 0 Å². The molecule has 1 heterocycles. The van der Waals surface area contributed by atoms with E-state index >= 15 is 0 Å². The second kappa shape index (κ2) is 7.39. The maximum absolute atomic E-state index is 11.7. The van der Waals surface area contributed by atoms with Crippen molar-refractivity contribution in [1.82, 2.24) is 4.90 Å². The molecule has 0 radical (unpaired) electrons. The maximum atomic E-state index is 11.7. The Labute approximate surface area is 117 Å². The van der Waals surface area contributed by atoms with Gasteiger partial charge in [0.25, 0.3) is 0 Å². The molecule has 0 aromatic heterocycles. The van der Waals surface area contributed by atoms with E-state index in [1.165, 1.54) is 44.8 Å². The SMILES string of the molecule is CCOC1CCCN(CC2(C=O)CCCCCC2)C1. The Morgan fingerprint density at radius 1 is 1.21 bits per heavy atom. The van der Waals surface area contributed by atoms with Gasteiger partial charge in [-0.05, 0) is 39.2 Å². The molecule has 19 heavy (non-hydrogen) atoms. The highest BCUT2D eigenvalue weighted by atomic mass is 16.5. The lowest BCUT2D eigenvalue weighted by Crippen LogP contribution is -2.46. The molecule has 2 aliphatic rings. The first kappa shape index (κ1) is 15.0. The average Bonchev–Trinajstić information content (AvgIpc) is 2.66. The van der Waals surface area contributed by atoms with E-state index in [0.29, 0.717) is 6.10 Å². The molecule has 1 unspecified atom stereocenters. The molecule has 1 atom stereocenters. The van der Waals surface area contributed by atoms with Crippen LogP contribution in [0.5, 0.6) is 0 Å². The molecule has 1 saturated carbocycles. The topological polar surface area (TPSA) is 29.5 Å². The van der Waals surface area contributed by atoms with Gasteiger partial charge in [0.2, 0.25) is 0 Å². The fourth-order valence-corrected chi connectivity index (χ4v) is 3.72. The first-order chi connectivity index (χ1) is 9.28. The van der Waals surface area contributed by atoms with E-state index in [4.69, 9.17) is 4.74 Å². The van der Waals surface area contributed by atoms with Crippen LogP contribution >= 0.6 is 0 Å². The predicted molar refractivity (Wildman–Crippen MR) is 77.3 cm³/mol. The minimum absolute atomic E-state index is 0.0649. The molecular formula is C16H29NO2. The minimum Gasteiger partial charge on any atom is -0.377 e. The van der Waals surface area contributed by atoms with E-state index in [9.17, 15) is 4.79 Å². The van der Waals surface area contributed by atoms with Gasteiger partial charge in [0.1, 0.15) is 6.29 Å². The molecule has 1 aliphatic carbocycles. The molecule has 1 saturated heterocycles. The summed E-state index contributed by atoms with van der Waals surface area (Å²) in [6.07, 6.45) is 11.3. The van der Waals surface area contributed by atoms with Gasteiger partial charge in [0.15, 0.2) is 0 Å². The van der Waals surface area contributed by atoms with Gasteiger partial charge >= 0.3 is 0 Å². The number of hydrogen-bond acceptors (Lipinski definition) is 3. The summed E-state index contributed by atoms with van der Waals surface area (Å²) in [7, 11) is 0. The first-order valence-corrected chi connectivity index (χ1v) is 8.08. The fraction of sp³-hybridized carbons (Fsp3) is 0.938. The molecule has 0 bridgehead atoms. The Bertz CT molecular complexity index is 270. The van der Waals surface area contributed by atoms with Crippen LogP contribution in [0.3, 0.4) is 0 Å². The molecule has 0 spiro atoms. The quantitative estimate of drug-likeness (QED) is 0.566. The van der Waals surface area contributed by atoms with E-state index in [1.54, 1.807) is 0 Å². The summed E-state index contributed by atoms with van der Waals surface area (Å²) in [4.78, 5) is 14.1. The van der Waals surface area contributed by atoms with Gasteiger partial charge in [0, 0.05) is 25.1 Å². The fourth-order valence-electron chi connectivity index (χ4n) is 3.72. The van der Waals surface area contributed by atoms with Crippen LogP contribution in [0.1, 0.15) is 58.3 Å². The number of aldehydes is 1. The van der Waals surface area contributed by atoms with Crippen LogP contribution in [-0.4, -0.2) is 43.5 Å². The molecule has 0 N–H and O–H groups in total. The molecule has 2 rings (SSSR count). The van der Waals surface area contributed by atoms with Crippen molar-refractivity contribution >= 4 is 6.29 Å². The summed E-state index contributed by atoms with van der Waals surface area (Å²) in [5, 5.41) is 0. The number of carbonyl (C=O) groups excluding carboxylic acids is 1. The summed E-state index contributed by atoms with van der Waals surface area (Å²) in [5.74, 6) is 0. The van der Waals surface area contributed by atoms with E-state index in [1.807, 2.05) is 0 Å². The van der Waals surface area contributed by atoms with Crippen LogP contribution in [0.15, 0.2) is 0 Å². The Morgan fingerprint density at radius 3 is 2.58 bits per heavy atom. The maximum Gasteiger partial charge on any atom is 0.127 e. The molecule has 1 aliphatic heterocycles. The molecule has 2 fully saturated rings. The van der Waals surface area contributed by atoms with Gasteiger partial charge in [0.05, 0.1) is 6.10 Å². The minimum atomic E-state index is -0.0649. The Kier molecular flexibility index (Phi) is 5.83. The van der Waals surface area contributed by atoms with E-state index in [0.717, 1.165) is 39.1 Å². The first-order valence-electron chi connectivity index (χ1n) is 8.08. The third kappa shape index (κ3) is 4.28. The summed E-state index contributed by atoms with van der Waals surface area (Å²) in [6, 6.07) is 0. The smallest absolute Gasteiger partial charge is 0.127 e. The van der Waals surface area contributed by atoms with Crippen molar-refractivity contribution in [3.63, 3.8) is 0 Å². The molecule has 110 valence electrons. The number of ether oxygens (including phenoxy) is 1. The molecule has 3 nitrogen and oxygen atoms in total. The van der Waals surface area contributed by atoms with E-state index in [-0.39, 0.29) is 5.41 Å². The Morgan fingerprint density at radius 2 is 1.95 bits per heavy atom. The largest absolute Gasteiger partial charge is 0.377 e. The summed E-state index contributed by atoms with van der Waals surface area (Å²) >= 11 is 0. The summed E-state index contributed by atoms with van der Waals surface area (Å²) < 4.78 is 5.76. The van der Waals surface area contributed by atoms with Gasteiger partial charge in [-0.15, -0.1) is 0 Å². The third-order valence-corrected chi connectivity index (χ3v) is 4.75. The van der Waals surface area contributed by atoms with Crippen LogP contribution in [0, 0.1) is 5.41 Å². The number of rotatable bonds is 5. The standard InChI is InChI=1S/C16H29NO2/c1-2-19-15-8-7-11-17(12-15)13-16(14-18)9-5-3-4-6-10-16/h14-15H,2-13H2,1H3. The summed E-state index contributed by atoms with van der Waals surface area (Å²) in [5.41, 5.74) is -0.0649. The van der Waals surface area contributed by atoms with Crippen molar-refractivity contribution in [3.05, 3.63) is 0 Å². The van der Waals surface area contributed by atoms with Crippen LogP contribution in [0.2, 0.25) is 0 Å².